The minimum absolute atomic E-state index is 0.0292. The summed E-state index contributed by atoms with van der Waals surface area (Å²) in [7, 11) is -4.20. The molecule has 0 aliphatic carbocycles. The van der Waals surface area contributed by atoms with Gasteiger partial charge in [0.25, 0.3) is 15.8 Å². The molecule has 0 fully saturated rings. The standard InChI is InChI=1S/C33H51NO5S/c1-4-5-6-7-8-9-10-11-12-13-14-15-16-18-22-29(2)33(3,28-30-23-19-17-20-24-30)39-40(37,38)32-26-21-25-31(27-32)34(35)36/h17,19-21,23-27,29H,4-16,18,22,28H2,1-3H3. The monoisotopic (exact) mass is 573 g/mol. The van der Waals surface area contributed by atoms with E-state index >= 15 is 0 Å². The van der Waals surface area contributed by atoms with Crippen molar-refractivity contribution in [3.05, 3.63) is 70.3 Å². The number of unbranched alkanes of at least 4 members (excludes halogenated alkanes) is 13. The van der Waals surface area contributed by atoms with Gasteiger partial charge in [-0.05, 0) is 30.9 Å². The number of non-ortho nitro benzene ring substituents is 1. The number of rotatable bonds is 22. The fourth-order valence-electron chi connectivity index (χ4n) is 5.29. The Labute approximate surface area is 243 Å². The molecule has 0 radical (unpaired) electrons. The molecule has 7 heteroatoms. The molecule has 0 spiro atoms. The summed E-state index contributed by atoms with van der Waals surface area (Å²) in [6.07, 6.45) is 19.4. The zero-order valence-corrected chi connectivity index (χ0v) is 25.8. The summed E-state index contributed by atoms with van der Waals surface area (Å²) in [6.45, 7) is 6.16. The minimum Gasteiger partial charge on any atom is -0.259 e. The van der Waals surface area contributed by atoms with Crippen LogP contribution in [0.1, 0.15) is 123 Å². The average molecular weight is 574 g/mol. The van der Waals surface area contributed by atoms with Crippen LogP contribution in [0.5, 0.6) is 0 Å². The number of benzene rings is 2. The predicted octanol–water partition coefficient (Wildman–Crippen LogP) is 9.81. The third-order valence-corrected chi connectivity index (χ3v) is 9.48. The smallest absolute Gasteiger partial charge is 0.259 e. The SMILES string of the molecule is CCCCCCCCCCCCCCCCC(C)C(C)(Cc1ccccc1)OS(=O)(=O)c1cccc([N+](=O)[O-])c1. The van der Waals surface area contributed by atoms with Crippen molar-refractivity contribution < 1.29 is 17.5 Å². The molecule has 0 saturated heterocycles. The normalized spacial score (nSPS) is 14.1. The van der Waals surface area contributed by atoms with Crippen LogP contribution in [0.4, 0.5) is 5.69 Å². The summed E-state index contributed by atoms with van der Waals surface area (Å²) >= 11 is 0. The molecule has 224 valence electrons. The van der Waals surface area contributed by atoms with Crippen molar-refractivity contribution in [3.63, 3.8) is 0 Å². The summed E-state index contributed by atoms with van der Waals surface area (Å²) in [4.78, 5) is 10.4. The Morgan fingerprint density at radius 2 is 1.32 bits per heavy atom. The topological polar surface area (TPSA) is 86.5 Å². The lowest BCUT2D eigenvalue weighted by atomic mass is 9.82. The summed E-state index contributed by atoms with van der Waals surface area (Å²) in [6, 6.07) is 14.8. The fourth-order valence-corrected chi connectivity index (χ4v) is 6.62. The number of nitro benzene ring substituents is 1. The molecule has 0 aliphatic heterocycles. The molecule has 0 amide bonds. The van der Waals surface area contributed by atoms with Crippen LogP contribution in [0.25, 0.3) is 0 Å². The van der Waals surface area contributed by atoms with Crippen LogP contribution in [-0.4, -0.2) is 18.9 Å². The van der Waals surface area contributed by atoms with E-state index in [1.54, 1.807) is 0 Å². The highest BCUT2D eigenvalue weighted by Crippen LogP contribution is 2.34. The maximum Gasteiger partial charge on any atom is 0.297 e. The highest BCUT2D eigenvalue weighted by atomic mass is 32.2. The zero-order chi connectivity index (χ0) is 29.3. The average Bonchev–Trinajstić information content (AvgIpc) is 2.93. The zero-order valence-electron chi connectivity index (χ0n) is 25.0. The van der Waals surface area contributed by atoms with Gasteiger partial charge in [0.1, 0.15) is 4.90 Å². The van der Waals surface area contributed by atoms with Gasteiger partial charge < -0.3 is 0 Å². The van der Waals surface area contributed by atoms with Crippen LogP contribution >= 0.6 is 0 Å². The fraction of sp³-hybridized carbons (Fsp3) is 0.636. The first-order chi connectivity index (χ1) is 19.2. The number of hydrogen-bond acceptors (Lipinski definition) is 5. The molecule has 0 heterocycles. The third kappa shape index (κ3) is 12.5. The lowest BCUT2D eigenvalue weighted by Gasteiger charge is -2.35. The van der Waals surface area contributed by atoms with Crippen LogP contribution in [0.15, 0.2) is 59.5 Å². The van der Waals surface area contributed by atoms with Crippen molar-refractivity contribution >= 4 is 15.8 Å². The van der Waals surface area contributed by atoms with Gasteiger partial charge in [-0.3, -0.25) is 14.3 Å². The molecule has 0 bridgehead atoms. The Bertz CT molecular complexity index is 1090. The van der Waals surface area contributed by atoms with E-state index in [0.717, 1.165) is 30.9 Å². The molecule has 0 aliphatic rings. The van der Waals surface area contributed by atoms with E-state index in [9.17, 15) is 18.5 Å². The number of nitro groups is 1. The molecule has 2 aromatic rings. The van der Waals surface area contributed by atoms with E-state index in [1.807, 2.05) is 44.2 Å². The quantitative estimate of drug-likeness (QED) is 0.0605. The van der Waals surface area contributed by atoms with Crippen molar-refractivity contribution in [2.24, 2.45) is 5.92 Å². The highest BCUT2D eigenvalue weighted by molar-refractivity contribution is 7.86. The Morgan fingerprint density at radius 1 is 0.800 bits per heavy atom. The lowest BCUT2D eigenvalue weighted by Crippen LogP contribution is -2.40. The second-order valence-corrected chi connectivity index (χ2v) is 13.1. The van der Waals surface area contributed by atoms with Crippen molar-refractivity contribution in [2.45, 2.75) is 134 Å². The van der Waals surface area contributed by atoms with Gasteiger partial charge in [0.15, 0.2) is 0 Å². The van der Waals surface area contributed by atoms with E-state index in [1.165, 1.54) is 95.2 Å². The Morgan fingerprint density at radius 3 is 1.85 bits per heavy atom. The molecule has 6 nitrogen and oxygen atoms in total. The highest BCUT2D eigenvalue weighted by Gasteiger charge is 2.38. The van der Waals surface area contributed by atoms with Crippen LogP contribution in [0.2, 0.25) is 0 Å². The summed E-state index contributed by atoms with van der Waals surface area (Å²) in [5.74, 6) is -0.0292. The molecule has 2 aromatic carbocycles. The number of nitrogens with zero attached hydrogens (tertiary/aromatic N) is 1. The van der Waals surface area contributed by atoms with Crippen LogP contribution < -0.4 is 0 Å². The van der Waals surface area contributed by atoms with Crippen LogP contribution in [0.3, 0.4) is 0 Å². The molecule has 2 rings (SSSR count). The Kier molecular flexibility index (Phi) is 15.5. The van der Waals surface area contributed by atoms with Gasteiger partial charge in [0.2, 0.25) is 0 Å². The van der Waals surface area contributed by atoms with Gasteiger partial charge in [-0.2, -0.15) is 8.42 Å². The van der Waals surface area contributed by atoms with E-state index in [-0.39, 0.29) is 16.5 Å². The van der Waals surface area contributed by atoms with Crippen LogP contribution in [0, 0.1) is 16.0 Å². The van der Waals surface area contributed by atoms with Crippen molar-refractivity contribution in [3.8, 4) is 0 Å². The van der Waals surface area contributed by atoms with Crippen molar-refractivity contribution in [1.82, 2.24) is 0 Å². The molecule has 40 heavy (non-hydrogen) atoms. The first kappa shape index (κ1) is 34.0. The molecule has 0 aromatic heterocycles. The van der Waals surface area contributed by atoms with E-state index in [0.29, 0.717) is 6.42 Å². The summed E-state index contributed by atoms with van der Waals surface area (Å²) in [5, 5.41) is 11.2. The van der Waals surface area contributed by atoms with Gasteiger partial charge in [0.05, 0.1) is 10.5 Å². The maximum absolute atomic E-state index is 13.3. The third-order valence-electron chi connectivity index (χ3n) is 8.05. The predicted molar refractivity (Wildman–Crippen MR) is 164 cm³/mol. The Balaban J connectivity index is 1.84. The first-order valence-corrected chi connectivity index (χ1v) is 16.8. The minimum atomic E-state index is -4.20. The van der Waals surface area contributed by atoms with E-state index in [2.05, 4.69) is 6.92 Å². The van der Waals surface area contributed by atoms with Crippen LogP contribution in [-0.2, 0) is 20.7 Å². The van der Waals surface area contributed by atoms with E-state index in [4.69, 9.17) is 4.18 Å². The van der Waals surface area contributed by atoms with Crippen molar-refractivity contribution in [2.75, 3.05) is 0 Å². The lowest BCUT2D eigenvalue weighted by molar-refractivity contribution is -0.385. The van der Waals surface area contributed by atoms with Crippen molar-refractivity contribution in [1.29, 1.82) is 0 Å². The molecular formula is C33H51NO5S. The molecule has 2 atom stereocenters. The maximum atomic E-state index is 13.3. The second-order valence-electron chi connectivity index (χ2n) is 11.6. The van der Waals surface area contributed by atoms with E-state index < -0.39 is 20.6 Å². The molecule has 0 N–H and O–H groups in total. The summed E-state index contributed by atoms with van der Waals surface area (Å²) < 4.78 is 32.5. The largest absolute Gasteiger partial charge is 0.297 e. The van der Waals surface area contributed by atoms with Gasteiger partial charge in [-0.25, -0.2) is 0 Å². The molecular weight excluding hydrogens is 522 g/mol. The molecule has 2 unspecified atom stereocenters. The second kappa shape index (κ2) is 18.2. The number of hydrogen-bond donors (Lipinski definition) is 0. The summed E-state index contributed by atoms with van der Waals surface area (Å²) in [5.41, 5.74) is -0.265. The first-order valence-electron chi connectivity index (χ1n) is 15.4. The molecule has 0 saturated carbocycles. The van der Waals surface area contributed by atoms with Gasteiger partial charge in [0, 0.05) is 18.6 Å². The Hall–Kier alpha value is -2.25. The van der Waals surface area contributed by atoms with Gasteiger partial charge in [-0.1, -0.05) is 140 Å². The van der Waals surface area contributed by atoms with Gasteiger partial charge in [-0.15, -0.1) is 0 Å². The van der Waals surface area contributed by atoms with Gasteiger partial charge >= 0.3 is 0 Å².